The Hall–Kier alpha value is -0.0800. The molecule has 0 spiro atoms. The minimum atomic E-state index is 0.306. The molecule has 0 bridgehead atoms. The molecule has 0 amide bonds. The molecule has 0 aromatic rings. The fraction of sp³-hybridized carbons (Fsp3) is 1.00. The Balaban J connectivity index is 2.39. The van der Waals surface area contributed by atoms with Crippen LogP contribution in [0.3, 0.4) is 0 Å². The Morgan fingerprint density at radius 3 is 2.62 bits per heavy atom. The van der Waals surface area contributed by atoms with Gasteiger partial charge in [-0.25, -0.2) is 0 Å². The highest BCUT2D eigenvalue weighted by Crippen LogP contribution is 2.29. The third-order valence-corrected chi connectivity index (χ3v) is 2.73. The van der Waals surface area contributed by atoms with Gasteiger partial charge in [-0.1, -0.05) is 20.8 Å². The molecule has 0 saturated carbocycles. The van der Waals surface area contributed by atoms with Gasteiger partial charge < -0.3 is 5.11 Å². The molecule has 1 heterocycles. The van der Waals surface area contributed by atoms with Crippen molar-refractivity contribution in [1.29, 1.82) is 0 Å². The van der Waals surface area contributed by atoms with Crippen LogP contribution in [0.4, 0.5) is 0 Å². The summed E-state index contributed by atoms with van der Waals surface area (Å²) in [5, 5.41) is 8.90. The van der Waals surface area contributed by atoms with Crippen molar-refractivity contribution in [3.05, 3.63) is 0 Å². The van der Waals surface area contributed by atoms with E-state index < -0.39 is 0 Å². The van der Waals surface area contributed by atoms with Crippen molar-refractivity contribution < 1.29 is 5.11 Å². The topological polar surface area (TPSA) is 23.5 Å². The van der Waals surface area contributed by atoms with Crippen molar-refractivity contribution in [1.82, 2.24) is 4.90 Å². The van der Waals surface area contributed by atoms with E-state index >= 15 is 0 Å². The molecule has 1 unspecified atom stereocenters. The van der Waals surface area contributed by atoms with Crippen LogP contribution in [0.5, 0.6) is 0 Å². The van der Waals surface area contributed by atoms with Gasteiger partial charge in [-0.05, 0) is 31.2 Å². The lowest BCUT2D eigenvalue weighted by Crippen LogP contribution is -2.34. The molecule has 1 aliphatic heterocycles. The molecule has 1 atom stereocenters. The third-order valence-electron chi connectivity index (χ3n) is 2.73. The number of aliphatic hydroxyl groups is 1. The molecule has 2 heteroatoms. The van der Waals surface area contributed by atoms with E-state index in [-0.39, 0.29) is 0 Å². The monoisotopic (exact) mass is 185 g/mol. The summed E-state index contributed by atoms with van der Waals surface area (Å²) in [5.74, 6) is 0. The molecule has 1 saturated heterocycles. The molecule has 1 rings (SSSR count). The van der Waals surface area contributed by atoms with Gasteiger partial charge in [0.05, 0.1) is 6.61 Å². The van der Waals surface area contributed by atoms with Crippen LogP contribution in [0.25, 0.3) is 0 Å². The normalized spacial score (nSPS) is 25.4. The van der Waals surface area contributed by atoms with Crippen LogP contribution in [0, 0.1) is 5.41 Å². The summed E-state index contributed by atoms with van der Waals surface area (Å²) < 4.78 is 0. The molecule has 1 N–H and O–H groups in total. The first-order valence-electron chi connectivity index (χ1n) is 5.38. The first-order chi connectivity index (χ1) is 6.03. The van der Waals surface area contributed by atoms with E-state index in [9.17, 15) is 0 Å². The van der Waals surface area contributed by atoms with E-state index in [0.29, 0.717) is 18.1 Å². The average Bonchev–Trinajstić information content (AvgIpc) is 2.34. The van der Waals surface area contributed by atoms with Crippen LogP contribution in [-0.4, -0.2) is 35.7 Å². The predicted molar refractivity (Wildman–Crippen MR) is 55.8 cm³/mol. The summed E-state index contributed by atoms with van der Waals surface area (Å²) in [6.07, 6.45) is 3.88. The third kappa shape index (κ3) is 3.65. The van der Waals surface area contributed by atoms with E-state index in [2.05, 4.69) is 25.7 Å². The lowest BCUT2D eigenvalue weighted by Gasteiger charge is -2.29. The molecular formula is C11H23NO. The smallest absolute Gasteiger partial charge is 0.0558 e. The van der Waals surface area contributed by atoms with E-state index in [1.165, 1.54) is 25.8 Å². The Morgan fingerprint density at radius 1 is 1.38 bits per heavy atom. The standard InChI is InChI=1S/C11H23NO/c1-11(2,3)9-10-5-4-6-12(10)7-8-13/h10,13H,4-9H2,1-3H3. The van der Waals surface area contributed by atoms with E-state index in [0.717, 1.165) is 6.54 Å². The van der Waals surface area contributed by atoms with Crippen molar-refractivity contribution >= 4 is 0 Å². The van der Waals surface area contributed by atoms with Crippen molar-refractivity contribution in [2.24, 2.45) is 5.41 Å². The second-order valence-electron chi connectivity index (χ2n) is 5.32. The van der Waals surface area contributed by atoms with Gasteiger partial charge in [0.25, 0.3) is 0 Å². The second-order valence-corrected chi connectivity index (χ2v) is 5.32. The highest BCUT2D eigenvalue weighted by molar-refractivity contribution is 4.82. The van der Waals surface area contributed by atoms with Gasteiger partial charge >= 0.3 is 0 Å². The minimum absolute atomic E-state index is 0.306. The number of β-amino-alcohol motifs (C(OH)–C–C–N with tert-alkyl or cyclic N) is 1. The molecule has 0 aromatic carbocycles. The van der Waals surface area contributed by atoms with E-state index in [1.807, 2.05) is 0 Å². The van der Waals surface area contributed by atoms with Crippen molar-refractivity contribution in [2.45, 2.75) is 46.1 Å². The Labute approximate surface area is 81.9 Å². The fourth-order valence-electron chi connectivity index (χ4n) is 2.26. The Bertz CT molecular complexity index is 151. The van der Waals surface area contributed by atoms with Gasteiger partial charge in [-0.2, -0.15) is 0 Å². The van der Waals surface area contributed by atoms with Gasteiger partial charge in [-0.3, -0.25) is 4.90 Å². The zero-order valence-electron chi connectivity index (χ0n) is 9.21. The zero-order chi connectivity index (χ0) is 9.90. The maximum absolute atomic E-state index is 8.90. The second kappa shape index (κ2) is 4.43. The predicted octanol–water partition coefficient (Wildman–Crippen LogP) is 1.88. The summed E-state index contributed by atoms with van der Waals surface area (Å²) in [6, 6.07) is 0.715. The number of likely N-dealkylation sites (tertiary alicyclic amines) is 1. The minimum Gasteiger partial charge on any atom is -0.395 e. The first-order valence-corrected chi connectivity index (χ1v) is 5.38. The number of rotatable bonds is 3. The van der Waals surface area contributed by atoms with Crippen molar-refractivity contribution in [2.75, 3.05) is 19.7 Å². The van der Waals surface area contributed by atoms with E-state index in [1.54, 1.807) is 0 Å². The van der Waals surface area contributed by atoms with Crippen LogP contribution in [-0.2, 0) is 0 Å². The average molecular weight is 185 g/mol. The highest BCUT2D eigenvalue weighted by atomic mass is 16.3. The van der Waals surface area contributed by atoms with Crippen LogP contribution in [0.2, 0.25) is 0 Å². The maximum atomic E-state index is 8.90. The Morgan fingerprint density at radius 2 is 2.08 bits per heavy atom. The molecule has 0 radical (unpaired) electrons. The SMILES string of the molecule is CC(C)(C)CC1CCCN1CCO. The lowest BCUT2D eigenvalue weighted by atomic mass is 9.87. The van der Waals surface area contributed by atoms with Crippen LogP contribution < -0.4 is 0 Å². The Kier molecular flexibility index (Phi) is 3.74. The molecule has 1 fully saturated rings. The van der Waals surface area contributed by atoms with Gasteiger partial charge in [0, 0.05) is 12.6 Å². The summed E-state index contributed by atoms with van der Waals surface area (Å²) in [5.41, 5.74) is 0.419. The molecule has 0 aromatic heterocycles. The maximum Gasteiger partial charge on any atom is 0.0558 e. The molecule has 1 aliphatic rings. The molecule has 2 nitrogen and oxygen atoms in total. The lowest BCUT2D eigenvalue weighted by molar-refractivity contribution is 0.154. The van der Waals surface area contributed by atoms with Crippen LogP contribution >= 0.6 is 0 Å². The van der Waals surface area contributed by atoms with Gasteiger partial charge in [0.2, 0.25) is 0 Å². The number of nitrogens with zero attached hydrogens (tertiary/aromatic N) is 1. The van der Waals surface area contributed by atoms with Crippen molar-refractivity contribution in [3.8, 4) is 0 Å². The van der Waals surface area contributed by atoms with Gasteiger partial charge in [0.1, 0.15) is 0 Å². The van der Waals surface area contributed by atoms with E-state index in [4.69, 9.17) is 5.11 Å². The zero-order valence-corrected chi connectivity index (χ0v) is 9.21. The summed E-state index contributed by atoms with van der Waals surface area (Å²) in [7, 11) is 0. The summed E-state index contributed by atoms with van der Waals surface area (Å²) >= 11 is 0. The quantitative estimate of drug-likeness (QED) is 0.725. The van der Waals surface area contributed by atoms with Crippen molar-refractivity contribution in [3.63, 3.8) is 0 Å². The van der Waals surface area contributed by atoms with Crippen LogP contribution in [0.15, 0.2) is 0 Å². The fourth-order valence-corrected chi connectivity index (χ4v) is 2.26. The summed E-state index contributed by atoms with van der Waals surface area (Å²) in [4.78, 5) is 2.44. The summed E-state index contributed by atoms with van der Waals surface area (Å²) in [6.45, 7) is 9.23. The molecule has 78 valence electrons. The first kappa shape index (κ1) is 11.0. The highest BCUT2D eigenvalue weighted by Gasteiger charge is 2.27. The molecule has 13 heavy (non-hydrogen) atoms. The number of hydrogen-bond acceptors (Lipinski definition) is 2. The number of hydrogen-bond donors (Lipinski definition) is 1. The van der Waals surface area contributed by atoms with Gasteiger partial charge in [0.15, 0.2) is 0 Å². The largest absolute Gasteiger partial charge is 0.395 e. The molecule has 0 aliphatic carbocycles. The number of aliphatic hydroxyl groups excluding tert-OH is 1. The van der Waals surface area contributed by atoms with Crippen LogP contribution in [0.1, 0.15) is 40.0 Å². The molecular weight excluding hydrogens is 162 g/mol. The van der Waals surface area contributed by atoms with Gasteiger partial charge in [-0.15, -0.1) is 0 Å².